The number of benzene rings is 1. The van der Waals surface area contributed by atoms with E-state index in [1.54, 1.807) is 0 Å². The molecule has 3 nitrogen and oxygen atoms in total. The SMILES string of the molecule is CCC(CC)N(C)C(=O)N[C@@H]1CCCc2ccccc21. The van der Waals surface area contributed by atoms with Gasteiger partial charge in [0.15, 0.2) is 0 Å². The molecule has 1 aromatic carbocycles. The molecule has 0 fully saturated rings. The van der Waals surface area contributed by atoms with Gasteiger partial charge in [0.2, 0.25) is 0 Å². The highest BCUT2D eigenvalue weighted by Crippen LogP contribution is 2.29. The standard InChI is InChI=1S/C17H26N2O/c1-4-14(5-2)19(3)17(20)18-16-12-8-10-13-9-6-7-11-15(13)16/h6-7,9,11,14,16H,4-5,8,10,12H2,1-3H3,(H,18,20)/t16-/m1/s1. The fourth-order valence-corrected chi connectivity index (χ4v) is 3.16. The number of nitrogens with zero attached hydrogens (tertiary/aromatic N) is 1. The van der Waals surface area contributed by atoms with Crippen LogP contribution >= 0.6 is 0 Å². The molecule has 0 radical (unpaired) electrons. The number of rotatable bonds is 4. The average Bonchev–Trinajstić information content (AvgIpc) is 2.48. The highest BCUT2D eigenvalue weighted by molar-refractivity contribution is 5.75. The summed E-state index contributed by atoms with van der Waals surface area (Å²) >= 11 is 0. The Kier molecular flexibility index (Phi) is 5.05. The maximum Gasteiger partial charge on any atom is 0.317 e. The second-order valence-corrected chi connectivity index (χ2v) is 5.67. The molecule has 20 heavy (non-hydrogen) atoms. The quantitative estimate of drug-likeness (QED) is 0.887. The van der Waals surface area contributed by atoms with Gasteiger partial charge in [-0.2, -0.15) is 0 Å². The molecular weight excluding hydrogens is 248 g/mol. The number of hydrogen-bond donors (Lipinski definition) is 1. The van der Waals surface area contributed by atoms with Crippen LogP contribution in [-0.4, -0.2) is 24.0 Å². The second kappa shape index (κ2) is 6.78. The maximum atomic E-state index is 12.4. The third-order valence-electron chi connectivity index (χ3n) is 4.48. The normalized spacial score (nSPS) is 17.7. The molecule has 1 atom stereocenters. The molecule has 0 heterocycles. The van der Waals surface area contributed by atoms with E-state index in [0.29, 0.717) is 6.04 Å². The summed E-state index contributed by atoms with van der Waals surface area (Å²) in [5.41, 5.74) is 2.68. The highest BCUT2D eigenvalue weighted by Gasteiger charge is 2.24. The van der Waals surface area contributed by atoms with Gasteiger partial charge in [0.05, 0.1) is 6.04 Å². The molecule has 2 amide bonds. The number of carbonyl (C=O) groups excluding carboxylic acids is 1. The van der Waals surface area contributed by atoms with Crippen LogP contribution in [0.4, 0.5) is 4.79 Å². The van der Waals surface area contributed by atoms with Crippen molar-refractivity contribution in [2.24, 2.45) is 0 Å². The van der Waals surface area contributed by atoms with Gasteiger partial charge in [-0.3, -0.25) is 0 Å². The first kappa shape index (κ1) is 14.9. The number of hydrogen-bond acceptors (Lipinski definition) is 1. The van der Waals surface area contributed by atoms with Crippen molar-refractivity contribution in [3.05, 3.63) is 35.4 Å². The largest absolute Gasteiger partial charge is 0.331 e. The Morgan fingerprint density at radius 2 is 2.05 bits per heavy atom. The van der Waals surface area contributed by atoms with Gasteiger partial charge in [-0.15, -0.1) is 0 Å². The van der Waals surface area contributed by atoms with Crippen molar-refractivity contribution in [1.29, 1.82) is 0 Å². The van der Waals surface area contributed by atoms with E-state index in [-0.39, 0.29) is 12.1 Å². The summed E-state index contributed by atoms with van der Waals surface area (Å²) in [5.74, 6) is 0. The molecular formula is C17H26N2O. The van der Waals surface area contributed by atoms with Crippen molar-refractivity contribution in [3.8, 4) is 0 Å². The summed E-state index contributed by atoms with van der Waals surface area (Å²) in [6.45, 7) is 4.27. The monoisotopic (exact) mass is 274 g/mol. The third kappa shape index (κ3) is 3.14. The van der Waals surface area contributed by atoms with Gasteiger partial charge in [-0.1, -0.05) is 38.1 Å². The predicted molar refractivity (Wildman–Crippen MR) is 82.8 cm³/mol. The lowest BCUT2D eigenvalue weighted by atomic mass is 9.88. The van der Waals surface area contributed by atoms with Crippen molar-refractivity contribution in [2.75, 3.05) is 7.05 Å². The first-order valence-corrected chi connectivity index (χ1v) is 7.78. The molecule has 0 spiro atoms. The van der Waals surface area contributed by atoms with Crippen LogP contribution in [0.5, 0.6) is 0 Å². The molecule has 0 aromatic heterocycles. The molecule has 1 aliphatic rings. The van der Waals surface area contributed by atoms with E-state index < -0.39 is 0 Å². The number of aryl methyl sites for hydroxylation is 1. The number of urea groups is 1. The summed E-state index contributed by atoms with van der Waals surface area (Å²) in [7, 11) is 1.90. The minimum Gasteiger partial charge on any atom is -0.331 e. The first-order chi connectivity index (χ1) is 9.67. The Morgan fingerprint density at radius 3 is 2.75 bits per heavy atom. The Labute approximate surface area is 122 Å². The number of carbonyl (C=O) groups is 1. The van der Waals surface area contributed by atoms with Gasteiger partial charge in [0, 0.05) is 13.1 Å². The summed E-state index contributed by atoms with van der Waals surface area (Å²) in [6.07, 6.45) is 5.32. The molecule has 1 aromatic rings. The van der Waals surface area contributed by atoms with E-state index in [1.807, 2.05) is 11.9 Å². The smallest absolute Gasteiger partial charge is 0.317 e. The molecule has 0 aliphatic heterocycles. The van der Waals surface area contributed by atoms with E-state index in [4.69, 9.17) is 0 Å². The molecule has 0 unspecified atom stereocenters. The van der Waals surface area contributed by atoms with Crippen LogP contribution in [-0.2, 0) is 6.42 Å². The molecule has 1 N–H and O–H groups in total. The van der Waals surface area contributed by atoms with Crippen LogP contribution in [0.1, 0.15) is 56.7 Å². The highest BCUT2D eigenvalue weighted by atomic mass is 16.2. The molecule has 1 aliphatic carbocycles. The molecule has 110 valence electrons. The van der Waals surface area contributed by atoms with E-state index in [9.17, 15) is 4.79 Å². The Bertz CT molecular complexity index is 454. The van der Waals surface area contributed by atoms with E-state index in [2.05, 4.69) is 43.4 Å². The lowest BCUT2D eigenvalue weighted by molar-refractivity contribution is 0.181. The molecule has 3 heteroatoms. The average molecular weight is 274 g/mol. The van der Waals surface area contributed by atoms with Crippen molar-refractivity contribution >= 4 is 6.03 Å². The van der Waals surface area contributed by atoms with Gasteiger partial charge in [-0.25, -0.2) is 4.79 Å². The minimum atomic E-state index is 0.0559. The molecule has 2 rings (SSSR count). The Hall–Kier alpha value is -1.51. The van der Waals surface area contributed by atoms with Crippen LogP contribution in [0.15, 0.2) is 24.3 Å². The van der Waals surface area contributed by atoms with Crippen LogP contribution in [0, 0.1) is 0 Å². The summed E-state index contributed by atoms with van der Waals surface area (Å²) < 4.78 is 0. The lowest BCUT2D eigenvalue weighted by Crippen LogP contribution is -2.45. The van der Waals surface area contributed by atoms with Crippen LogP contribution in [0.3, 0.4) is 0 Å². The Balaban J connectivity index is 2.06. The fraction of sp³-hybridized carbons (Fsp3) is 0.588. The summed E-state index contributed by atoms with van der Waals surface area (Å²) in [6, 6.07) is 9.03. The van der Waals surface area contributed by atoms with Gasteiger partial charge in [0.25, 0.3) is 0 Å². The lowest BCUT2D eigenvalue weighted by Gasteiger charge is -2.31. The van der Waals surface area contributed by atoms with E-state index in [0.717, 1.165) is 32.1 Å². The fourth-order valence-electron chi connectivity index (χ4n) is 3.16. The van der Waals surface area contributed by atoms with E-state index >= 15 is 0 Å². The minimum absolute atomic E-state index is 0.0559. The topological polar surface area (TPSA) is 32.3 Å². The zero-order valence-corrected chi connectivity index (χ0v) is 12.9. The summed E-state index contributed by atoms with van der Waals surface area (Å²) in [5, 5.41) is 3.21. The van der Waals surface area contributed by atoms with Crippen molar-refractivity contribution in [2.45, 2.75) is 58.0 Å². The van der Waals surface area contributed by atoms with Crippen LogP contribution < -0.4 is 5.32 Å². The zero-order valence-electron chi connectivity index (χ0n) is 12.9. The van der Waals surface area contributed by atoms with Crippen LogP contribution in [0.25, 0.3) is 0 Å². The van der Waals surface area contributed by atoms with E-state index in [1.165, 1.54) is 11.1 Å². The van der Waals surface area contributed by atoms with Crippen molar-refractivity contribution < 1.29 is 4.79 Å². The van der Waals surface area contributed by atoms with Gasteiger partial charge < -0.3 is 10.2 Å². The Morgan fingerprint density at radius 1 is 1.35 bits per heavy atom. The summed E-state index contributed by atoms with van der Waals surface area (Å²) in [4.78, 5) is 14.3. The molecule has 0 bridgehead atoms. The molecule has 0 saturated heterocycles. The number of fused-ring (bicyclic) bond motifs is 1. The van der Waals surface area contributed by atoms with Crippen LogP contribution in [0.2, 0.25) is 0 Å². The number of amides is 2. The number of nitrogens with one attached hydrogen (secondary N) is 1. The second-order valence-electron chi connectivity index (χ2n) is 5.67. The van der Waals surface area contributed by atoms with Crippen molar-refractivity contribution in [1.82, 2.24) is 10.2 Å². The maximum absolute atomic E-state index is 12.4. The first-order valence-electron chi connectivity index (χ1n) is 7.78. The van der Waals surface area contributed by atoms with Gasteiger partial charge >= 0.3 is 6.03 Å². The van der Waals surface area contributed by atoms with Gasteiger partial charge in [0.1, 0.15) is 0 Å². The van der Waals surface area contributed by atoms with Crippen molar-refractivity contribution in [3.63, 3.8) is 0 Å². The van der Waals surface area contributed by atoms with Gasteiger partial charge in [-0.05, 0) is 43.2 Å². The molecule has 0 saturated carbocycles. The zero-order chi connectivity index (χ0) is 14.5. The predicted octanol–water partition coefficient (Wildman–Crippen LogP) is 3.89. The third-order valence-corrected chi connectivity index (χ3v) is 4.48.